The summed E-state index contributed by atoms with van der Waals surface area (Å²) in [5.74, 6) is 0.580. The minimum atomic E-state index is -4.44. The lowest BCUT2D eigenvalue weighted by Crippen LogP contribution is -2.18. The smallest absolute Gasteiger partial charge is 0.354 e. The van der Waals surface area contributed by atoms with Gasteiger partial charge in [-0.3, -0.25) is 0 Å². The van der Waals surface area contributed by atoms with E-state index in [1.54, 1.807) is 0 Å². The van der Waals surface area contributed by atoms with Crippen molar-refractivity contribution in [2.24, 2.45) is 5.41 Å². The fourth-order valence-corrected chi connectivity index (χ4v) is 2.16. The Kier molecular flexibility index (Phi) is 3.66. The van der Waals surface area contributed by atoms with Crippen molar-refractivity contribution in [1.82, 2.24) is 9.97 Å². The molecule has 100 valence electrons. The number of rotatable bonds is 5. The van der Waals surface area contributed by atoms with E-state index in [1.807, 2.05) is 0 Å². The van der Waals surface area contributed by atoms with Crippen LogP contribution in [0.1, 0.15) is 25.0 Å². The Morgan fingerprint density at radius 3 is 2.67 bits per heavy atom. The van der Waals surface area contributed by atoms with Gasteiger partial charge >= 0.3 is 6.18 Å². The molecule has 1 aliphatic carbocycles. The van der Waals surface area contributed by atoms with Gasteiger partial charge in [-0.1, -0.05) is 0 Å². The van der Waals surface area contributed by atoms with Crippen LogP contribution in [0.4, 0.5) is 19.1 Å². The molecular formula is C11H13ClF3N3. The van der Waals surface area contributed by atoms with Gasteiger partial charge in [-0.05, 0) is 30.7 Å². The van der Waals surface area contributed by atoms with Gasteiger partial charge in [-0.2, -0.15) is 13.2 Å². The Morgan fingerprint density at radius 2 is 2.11 bits per heavy atom. The van der Waals surface area contributed by atoms with Crippen molar-refractivity contribution in [1.29, 1.82) is 0 Å². The molecule has 1 N–H and O–H groups in total. The van der Waals surface area contributed by atoms with Gasteiger partial charge in [0.2, 0.25) is 5.95 Å². The van der Waals surface area contributed by atoms with E-state index in [1.165, 1.54) is 0 Å². The normalized spacial score (nSPS) is 17.6. The monoisotopic (exact) mass is 279 g/mol. The van der Waals surface area contributed by atoms with Crippen LogP contribution in [-0.4, -0.2) is 22.4 Å². The Hall–Kier alpha value is -1.04. The topological polar surface area (TPSA) is 37.8 Å². The van der Waals surface area contributed by atoms with E-state index < -0.39 is 11.9 Å². The summed E-state index contributed by atoms with van der Waals surface area (Å²) in [6, 6.07) is 0.858. The van der Waals surface area contributed by atoms with Crippen molar-refractivity contribution >= 4 is 17.5 Å². The number of anilines is 1. The molecule has 7 heteroatoms. The first-order chi connectivity index (χ1) is 8.45. The molecule has 0 spiro atoms. The quantitative estimate of drug-likeness (QED) is 0.840. The van der Waals surface area contributed by atoms with E-state index in [0.717, 1.165) is 31.5 Å². The third-order valence-corrected chi connectivity index (χ3v) is 3.34. The summed E-state index contributed by atoms with van der Waals surface area (Å²) in [4.78, 5) is 7.24. The van der Waals surface area contributed by atoms with Crippen LogP contribution in [0, 0.1) is 5.41 Å². The summed E-state index contributed by atoms with van der Waals surface area (Å²) in [6.45, 7) is 0.570. The minimum Gasteiger partial charge on any atom is -0.354 e. The molecular weight excluding hydrogens is 267 g/mol. The number of alkyl halides is 4. The second-order valence-electron chi connectivity index (χ2n) is 4.56. The summed E-state index contributed by atoms with van der Waals surface area (Å²) in [6.07, 6.45) is -0.371. The Morgan fingerprint density at radius 1 is 1.39 bits per heavy atom. The van der Waals surface area contributed by atoms with Gasteiger partial charge in [0.15, 0.2) is 0 Å². The van der Waals surface area contributed by atoms with Crippen LogP contribution in [0.2, 0.25) is 0 Å². The standard InChI is InChI=1S/C11H13ClF3N3/c12-5-4-10(2-3-10)7-17-9-16-6-1-8(18-9)11(13,14)15/h1,6H,2-5,7H2,(H,16,17,18). The molecule has 0 aliphatic heterocycles. The lowest BCUT2D eigenvalue weighted by Gasteiger charge is -2.14. The predicted octanol–water partition coefficient (Wildman–Crippen LogP) is 3.32. The number of hydrogen-bond donors (Lipinski definition) is 1. The molecule has 0 atom stereocenters. The van der Waals surface area contributed by atoms with Crippen LogP contribution in [0.5, 0.6) is 0 Å². The molecule has 1 aromatic rings. The third-order valence-electron chi connectivity index (χ3n) is 3.15. The maximum atomic E-state index is 12.4. The Balaban J connectivity index is 1.98. The number of nitrogens with one attached hydrogen (secondary N) is 1. The highest BCUT2D eigenvalue weighted by molar-refractivity contribution is 6.17. The molecule has 0 aromatic carbocycles. The lowest BCUT2D eigenvalue weighted by atomic mass is 10.0. The van der Waals surface area contributed by atoms with E-state index in [0.29, 0.717) is 12.4 Å². The van der Waals surface area contributed by atoms with Crippen LogP contribution in [0.25, 0.3) is 0 Å². The zero-order valence-corrected chi connectivity index (χ0v) is 10.4. The molecule has 0 amide bonds. The average molecular weight is 280 g/mol. The zero-order valence-electron chi connectivity index (χ0n) is 9.60. The second kappa shape index (κ2) is 4.91. The molecule has 0 radical (unpaired) electrons. The first-order valence-corrected chi connectivity index (χ1v) is 6.19. The van der Waals surface area contributed by atoms with Crippen molar-refractivity contribution in [2.75, 3.05) is 17.7 Å². The van der Waals surface area contributed by atoms with E-state index in [2.05, 4.69) is 15.3 Å². The summed E-state index contributed by atoms with van der Waals surface area (Å²) < 4.78 is 37.3. The van der Waals surface area contributed by atoms with E-state index in [4.69, 9.17) is 11.6 Å². The summed E-state index contributed by atoms with van der Waals surface area (Å²) in [5.41, 5.74) is -0.804. The summed E-state index contributed by atoms with van der Waals surface area (Å²) in [5, 5.41) is 2.86. The molecule has 18 heavy (non-hydrogen) atoms. The molecule has 1 aliphatic rings. The maximum absolute atomic E-state index is 12.4. The first-order valence-electron chi connectivity index (χ1n) is 5.65. The van der Waals surface area contributed by atoms with Crippen molar-refractivity contribution in [3.63, 3.8) is 0 Å². The molecule has 1 saturated carbocycles. The number of nitrogens with zero attached hydrogens (tertiary/aromatic N) is 2. The SMILES string of the molecule is FC(F)(F)c1ccnc(NCC2(CCCl)CC2)n1. The van der Waals surface area contributed by atoms with E-state index >= 15 is 0 Å². The number of hydrogen-bond acceptors (Lipinski definition) is 3. The van der Waals surface area contributed by atoms with Gasteiger partial charge in [0, 0.05) is 18.6 Å². The fourth-order valence-electron chi connectivity index (χ4n) is 1.76. The molecule has 1 heterocycles. The van der Waals surface area contributed by atoms with Gasteiger partial charge in [0.1, 0.15) is 5.69 Å². The molecule has 0 saturated heterocycles. The molecule has 0 bridgehead atoms. The largest absolute Gasteiger partial charge is 0.433 e. The zero-order chi connectivity index (χ0) is 13.2. The Labute approximate surface area is 108 Å². The second-order valence-corrected chi connectivity index (χ2v) is 4.93. The van der Waals surface area contributed by atoms with Gasteiger partial charge < -0.3 is 5.32 Å². The Bertz CT molecular complexity index is 418. The highest BCUT2D eigenvalue weighted by Crippen LogP contribution is 2.48. The molecule has 0 unspecified atom stereocenters. The van der Waals surface area contributed by atoms with Crippen molar-refractivity contribution < 1.29 is 13.2 Å². The molecule has 2 rings (SSSR count). The maximum Gasteiger partial charge on any atom is 0.433 e. The van der Waals surface area contributed by atoms with Crippen LogP contribution in [-0.2, 0) is 6.18 Å². The van der Waals surface area contributed by atoms with Crippen molar-refractivity contribution in [3.8, 4) is 0 Å². The number of halogens is 4. The third kappa shape index (κ3) is 3.25. The molecule has 3 nitrogen and oxygen atoms in total. The van der Waals surface area contributed by atoms with Crippen LogP contribution < -0.4 is 5.32 Å². The van der Waals surface area contributed by atoms with E-state index in [-0.39, 0.29) is 11.4 Å². The van der Waals surface area contributed by atoms with Gasteiger partial charge in [0.25, 0.3) is 0 Å². The molecule has 1 fully saturated rings. The van der Waals surface area contributed by atoms with Gasteiger partial charge in [-0.25, -0.2) is 9.97 Å². The van der Waals surface area contributed by atoms with E-state index in [9.17, 15) is 13.2 Å². The lowest BCUT2D eigenvalue weighted by molar-refractivity contribution is -0.141. The predicted molar refractivity (Wildman–Crippen MR) is 62.5 cm³/mol. The van der Waals surface area contributed by atoms with Crippen LogP contribution >= 0.6 is 11.6 Å². The first kappa shape index (κ1) is 13.4. The van der Waals surface area contributed by atoms with Gasteiger partial charge in [-0.15, -0.1) is 11.6 Å². The van der Waals surface area contributed by atoms with Crippen molar-refractivity contribution in [2.45, 2.75) is 25.4 Å². The van der Waals surface area contributed by atoms with Crippen molar-refractivity contribution in [3.05, 3.63) is 18.0 Å². The molecule has 1 aromatic heterocycles. The minimum absolute atomic E-state index is 0.0191. The summed E-state index contributed by atoms with van der Waals surface area (Å²) >= 11 is 5.69. The number of aromatic nitrogens is 2. The van der Waals surface area contributed by atoms with Crippen LogP contribution in [0.3, 0.4) is 0 Å². The summed E-state index contributed by atoms with van der Waals surface area (Å²) in [7, 11) is 0. The highest BCUT2D eigenvalue weighted by Gasteiger charge is 2.41. The van der Waals surface area contributed by atoms with Crippen LogP contribution in [0.15, 0.2) is 12.3 Å². The van der Waals surface area contributed by atoms with Gasteiger partial charge in [0.05, 0.1) is 0 Å². The highest BCUT2D eigenvalue weighted by atomic mass is 35.5. The fraction of sp³-hybridized carbons (Fsp3) is 0.636. The average Bonchev–Trinajstić information content (AvgIpc) is 3.07.